The zero-order valence-corrected chi connectivity index (χ0v) is 13.1. The van der Waals surface area contributed by atoms with Crippen molar-refractivity contribution < 1.29 is 9.84 Å². The van der Waals surface area contributed by atoms with Gasteiger partial charge in [-0.1, -0.05) is 45.4 Å². The first-order valence-electron chi connectivity index (χ1n) is 9.09. The number of hydrogen-bond donors (Lipinski definition) is 1. The zero-order chi connectivity index (χ0) is 13.9. The van der Waals surface area contributed by atoms with E-state index in [-0.39, 0.29) is 6.10 Å². The van der Waals surface area contributed by atoms with Crippen molar-refractivity contribution >= 4 is 0 Å². The Labute approximate surface area is 124 Å². The van der Waals surface area contributed by atoms with Crippen LogP contribution in [0.15, 0.2) is 0 Å². The Hall–Kier alpha value is -0.0800. The van der Waals surface area contributed by atoms with Crippen molar-refractivity contribution in [3.05, 3.63) is 0 Å². The molecule has 4 atom stereocenters. The average molecular weight is 280 g/mol. The topological polar surface area (TPSA) is 29.5 Å². The molecule has 1 saturated heterocycles. The number of aliphatic hydroxyl groups is 1. The van der Waals surface area contributed by atoms with Crippen LogP contribution in [0.5, 0.6) is 0 Å². The van der Waals surface area contributed by atoms with Crippen LogP contribution in [-0.2, 0) is 4.74 Å². The third kappa shape index (κ3) is 3.22. The molecule has 1 aliphatic heterocycles. The molecule has 1 heterocycles. The van der Waals surface area contributed by atoms with Crippen molar-refractivity contribution in [2.45, 2.75) is 95.9 Å². The van der Waals surface area contributed by atoms with Crippen molar-refractivity contribution in [1.29, 1.82) is 0 Å². The second-order valence-corrected chi connectivity index (χ2v) is 7.60. The highest BCUT2D eigenvalue weighted by molar-refractivity contribution is 4.90. The quantitative estimate of drug-likeness (QED) is 0.817. The molecule has 0 spiro atoms. The molecule has 0 aromatic rings. The van der Waals surface area contributed by atoms with Crippen LogP contribution in [0, 0.1) is 17.8 Å². The Balaban J connectivity index is 1.65. The molecule has 20 heavy (non-hydrogen) atoms. The molecule has 0 radical (unpaired) electrons. The van der Waals surface area contributed by atoms with E-state index in [1.807, 2.05) is 0 Å². The Morgan fingerprint density at radius 1 is 0.800 bits per heavy atom. The second kappa shape index (κ2) is 6.79. The van der Waals surface area contributed by atoms with Crippen LogP contribution in [0.4, 0.5) is 0 Å². The van der Waals surface area contributed by atoms with Gasteiger partial charge in [-0.15, -0.1) is 0 Å². The van der Waals surface area contributed by atoms with Gasteiger partial charge in [-0.2, -0.15) is 0 Å². The van der Waals surface area contributed by atoms with Crippen LogP contribution in [0.25, 0.3) is 0 Å². The SMILES string of the molecule is C[C@H]1[C@H](O)C[C@H](C2CCCCC2)O[C@@H]1C1CCCCC1. The van der Waals surface area contributed by atoms with Crippen molar-refractivity contribution in [2.24, 2.45) is 17.8 Å². The van der Waals surface area contributed by atoms with Crippen LogP contribution >= 0.6 is 0 Å². The molecular formula is C18H32O2. The van der Waals surface area contributed by atoms with Crippen LogP contribution in [0.3, 0.4) is 0 Å². The molecule has 3 fully saturated rings. The summed E-state index contributed by atoms with van der Waals surface area (Å²) < 4.78 is 6.59. The van der Waals surface area contributed by atoms with Crippen molar-refractivity contribution in [3.8, 4) is 0 Å². The van der Waals surface area contributed by atoms with Crippen LogP contribution in [0.1, 0.15) is 77.6 Å². The van der Waals surface area contributed by atoms with Crippen LogP contribution in [-0.4, -0.2) is 23.4 Å². The van der Waals surface area contributed by atoms with E-state index in [0.717, 1.165) is 12.3 Å². The molecule has 3 aliphatic rings. The maximum Gasteiger partial charge on any atom is 0.0657 e. The summed E-state index contributed by atoms with van der Waals surface area (Å²) >= 11 is 0. The van der Waals surface area contributed by atoms with Crippen molar-refractivity contribution in [1.82, 2.24) is 0 Å². The third-order valence-electron chi connectivity index (χ3n) is 6.22. The molecule has 0 unspecified atom stereocenters. The Morgan fingerprint density at radius 3 is 1.95 bits per heavy atom. The van der Waals surface area contributed by atoms with Crippen LogP contribution < -0.4 is 0 Å². The minimum Gasteiger partial charge on any atom is -0.393 e. The molecule has 116 valence electrons. The zero-order valence-electron chi connectivity index (χ0n) is 13.1. The molecule has 0 bridgehead atoms. The largest absolute Gasteiger partial charge is 0.393 e. The first-order chi connectivity index (χ1) is 9.75. The van der Waals surface area contributed by atoms with E-state index in [9.17, 15) is 5.11 Å². The number of ether oxygens (including phenoxy) is 1. The molecule has 2 heteroatoms. The fourth-order valence-electron chi connectivity index (χ4n) is 4.87. The van der Waals surface area contributed by atoms with Gasteiger partial charge in [0.15, 0.2) is 0 Å². The van der Waals surface area contributed by atoms with E-state index in [4.69, 9.17) is 4.74 Å². The predicted molar refractivity (Wildman–Crippen MR) is 81.6 cm³/mol. The van der Waals surface area contributed by atoms with E-state index in [1.165, 1.54) is 64.2 Å². The predicted octanol–water partition coefficient (Wildman–Crippen LogP) is 4.30. The standard InChI is InChI=1S/C18H32O2/c1-13-16(19)12-17(14-8-4-2-5-9-14)20-18(13)15-10-6-3-7-11-15/h13-19H,2-12H2,1H3/t13-,16+,17+,18-/m0/s1. The summed E-state index contributed by atoms with van der Waals surface area (Å²) in [5, 5.41) is 10.5. The molecular weight excluding hydrogens is 248 g/mol. The molecule has 0 aromatic carbocycles. The summed E-state index contributed by atoms with van der Waals surface area (Å²) in [5.74, 6) is 1.76. The molecule has 2 saturated carbocycles. The third-order valence-corrected chi connectivity index (χ3v) is 6.22. The molecule has 1 N–H and O–H groups in total. The van der Waals surface area contributed by atoms with Crippen molar-refractivity contribution in [3.63, 3.8) is 0 Å². The highest BCUT2D eigenvalue weighted by atomic mass is 16.5. The van der Waals surface area contributed by atoms with Gasteiger partial charge >= 0.3 is 0 Å². The van der Waals surface area contributed by atoms with Crippen molar-refractivity contribution in [2.75, 3.05) is 0 Å². The number of rotatable bonds is 2. The van der Waals surface area contributed by atoms with E-state index < -0.39 is 0 Å². The average Bonchev–Trinajstić information content (AvgIpc) is 2.51. The minimum atomic E-state index is -0.136. The maximum absolute atomic E-state index is 10.5. The summed E-state index contributed by atoms with van der Waals surface area (Å²) in [7, 11) is 0. The maximum atomic E-state index is 10.5. The molecule has 0 amide bonds. The summed E-state index contributed by atoms with van der Waals surface area (Å²) in [4.78, 5) is 0. The lowest BCUT2D eigenvalue weighted by atomic mass is 9.74. The fourth-order valence-corrected chi connectivity index (χ4v) is 4.87. The fraction of sp³-hybridized carbons (Fsp3) is 1.00. The Bertz CT molecular complexity index is 292. The minimum absolute atomic E-state index is 0.136. The normalized spacial score (nSPS) is 41.7. The molecule has 2 aliphatic carbocycles. The molecule has 2 nitrogen and oxygen atoms in total. The van der Waals surface area contributed by atoms with Gasteiger partial charge in [0.1, 0.15) is 0 Å². The lowest BCUT2D eigenvalue weighted by molar-refractivity contribution is -0.173. The summed E-state index contributed by atoms with van der Waals surface area (Å²) in [5.41, 5.74) is 0. The van der Waals surface area contributed by atoms with Gasteiger partial charge in [-0.25, -0.2) is 0 Å². The summed E-state index contributed by atoms with van der Waals surface area (Å²) in [6.07, 6.45) is 14.9. The first-order valence-corrected chi connectivity index (χ1v) is 9.09. The van der Waals surface area contributed by atoms with Gasteiger partial charge in [0.05, 0.1) is 18.3 Å². The lowest BCUT2D eigenvalue weighted by Gasteiger charge is -2.46. The lowest BCUT2D eigenvalue weighted by Crippen LogP contribution is -2.49. The highest BCUT2D eigenvalue weighted by Gasteiger charge is 2.41. The molecule has 3 rings (SSSR count). The smallest absolute Gasteiger partial charge is 0.0657 e. The van der Waals surface area contributed by atoms with Gasteiger partial charge < -0.3 is 9.84 Å². The number of aliphatic hydroxyl groups excluding tert-OH is 1. The Kier molecular flexibility index (Phi) is 5.04. The van der Waals surface area contributed by atoms with E-state index >= 15 is 0 Å². The number of hydrogen-bond acceptors (Lipinski definition) is 2. The van der Waals surface area contributed by atoms with E-state index in [2.05, 4.69) is 6.92 Å². The van der Waals surface area contributed by atoms with E-state index in [1.54, 1.807) is 0 Å². The second-order valence-electron chi connectivity index (χ2n) is 7.60. The Morgan fingerprint density at radius 2 is 1.35 bits per heavy atom. The van der Waals surface area contributed by atoms with Crippen LogP contribution in [0.2, 0.25) is 0 Å². The summed E-state index contributed by atoms with van der Waals surface area (Å²) in [6.45, 7) is 2.21. The van der Waals surface area contributed by atoms with Gasteiger partial charge in [0, 0.05) is 12.3 Å². The van der Waals surface area contributed by atoms with Gasteiger partial charge in [-0.3, -0.25) is 0 Å². The molecule has 0 aromatic heterocycles. The highest BCUT2D eigenvalue weighted by Crippen LogP contribution is 2.41. The van der Waals surface area contributed by atoms with Gasteiger partial charge in [-0.05, 0) is 37.5 Å². The van der Waals surface area contributed by atoms with Gasteiger partial charge in [0.25, 0.3) is 0 Å². The van der Waals surface area contributed by atoms with E-state index in [0.29, 0.717) is 24.0 Å². The monoisotopic (exact) mass is 280 g/mol. The first kappa shape index (κ1) is 14.8. The van der Waals surface area contributed by atoms with Gasteiger partial charge in [0.2, 0.25) is 0 Å². The summed E-state index contributed by atoms with van der Waals surface area (Å²) in [6, 6.07) is 0.